The van der Waals surface area contributed by atoms with E-state index in [2.05, 4.69) is 24.5 Å². The molecule has 0 aliphatic carbocycles. The Labute approximate surface area is 63.4 Å². The Morgan fingerprint density at radius 1 is 1.50 bits per heavy atom. The fourth-order valence-corrected chi connectivity index (χ4v) is 1.46. The topological polar surface area (TPSA) is 24.1 Å². The van der Waals surface area contributed by atoms with E-state index in [1.54, 1.807) is 0 Å². The molecule has 2 heteroatoms. The molecule has 0 spiro atoms. The first kappa shape index (κ1) is 8.02. The van der Waals surface area contributed by atoms with Gasteiger partial charge in [-0.2, -0.15) is 0 Å². The molecule has 1 saturated heterocycles. The summed E-state index contributed by atoms with van der Waals surface area (Å²) in [6, 6.07) is 1.39. The zero-order valence-electron chi connectivity index (χ0n) is 6.98. The van der Waals surface area contributed by atoms with Crippen LogP contribution in [0.1, 0.15) is 26.7 Å². The van der Waals surface area contributed by atoms with Crippen LogP contribution in [0.2, 0.25) is 0 Å². The Kier molecular flexibility index (Phi) is 3.16. The van der Waals surface area contributed by atoms with Crippen molar-refractivity contribution < 1.29 is 0 Å². The van der Waals surface area contributed by atoms with Crippen LogP contribution in [-0.4, -0.2) is 25.2 Å². The van der Waals surface area contributed by atoms with Crippen LogP contribution in [0.25, 0.3) is 0 Å². The van der Waals surface area contributed by atoms with Gasteiger partial charge in [-0.1, -0.05) is 6.92 Å². The molecule has 1 aliphatic rings. The van der Waals surface area contributed by atoms with Gasteiger partial charge in [-0.25, -0.2) is 0 Å². The maximum absolute atomic E-state index is 3.57. The van der Waals surface area contributed by atoms with E-state index in [1.807, 2.05) is 0 Å². The number of rotatable bonds is 1. The second-order valence-corrected chi connectivity index (χ2v) is 3.17. The van der Waals surface area contributed by atoms with Crippen molar-refractivity contribution in [1.29, 1.82) is 0 Å². The maximum Gasteiger partial charge on any atom is 0.0166 e. The summed E-state index contributed by atoms with van der Waals surface area (Å²) in [5.74, 6) is 0. The highest BCUT2D eigenvalue weighted by atomic mass is 15.0. The predicted octanol–water partition coefficient (Wildman–Crippen LogP) is 0.736. The van der Waals surface area contributed by atoms with Crippen molar-refractivity contribution in [2.24, 2.45) is 0 Å². The summed E-state index contributed by atoms with van der Waals surface area (Å²) in [6.45, 7) is 6.78. The van der Waals surface area contributed by atoms with E-state index >= 15 is 0 Å². The van der Waals surface area contributed by atoms with Crippen LogP contribution in [0.3, 0.4) is 0 Å². The molecule has 2 unspecified atom stereocenters. The lowest BCUT2D eigenvalue weighted by atomic mass is 10.1. The van der Waals surface area contributed by atoms with Gasteiger partial charge in [0.05, 0.1) is 0 Å². The van der Waals surface area contributed by atoms with E-state index < -0.39 is 0 Å². The highest BCUT2D eigenvalue weighted by molar-refractivity contribution is 4.76. The molecule has 60 valence electrons. The zero-order valence-corrected chi connectivity index (χ0v) is 6.98. The van der Waals surface area contributed by atoms with Crippen LogP contribution in [0, 0.1) is 0 Å². The number of nitrogens with one attached hydrogen (secondary N) is 2. The average Bonchev–Trinajstić information content (AvgIpc) is 2.13. The molecule has 2 N–H and O–H groups in total. The van der Waals surface area contributed by atoms with Gasteiger partial charge in [0.2, 0.25) is 0 Å². The normalized spacial score (nSPS) is 35.4. The fourth-order valence-electron chi connectivity index (χ4n) is 1.46. The summed E-state index contributed by atoms with van der Waals surface area (Å²) in [5.41, 5.74) is 0. The minimum Gasteiger partial charge on any atom is -0.315 e. The summed E-state index contributed by atoms with van der Waals surface area (Å²) in [4.78, 5) is 0. The molecule has 0 aromatic heterocycles. The highest BCUT2D eigenvalue weighted by Crippen LogP contribution is 2.00. The predicted molar refractivity (Wildman–Crippen MR) is 44.2 cm³/mol. The lowest BCUT2D eigenvalue weighted by Crippen LogP contribution is -2.37. The Morgan fingerprint density at radius 3 is 3.00 bits per heavy atom. The molecule has 0 aromatic carbocycles. The first-order chi connectivity index (χ1) is 4.83. The Morgan fingerprint density at radius 2 is 2.30 bits per heavy atom. The van der Waals surface area contributed by atoms with Gasteiger partial charge in [0.25, 0.3) is 0 Å². The standard InChI is InChI=1S/C8H18N2/c1-3-8-4-5-9-6-7(2)10-8/h7-10H,3-6H2,1-2H3. The Balaban J connectivity index is 2.30. The summed E-state index contributed by atoms with van der Waals surface area (Å²) in [6.07, 6.45) is 2.53. The molecule has 0 radical (unpaired) electrons. The van der Waals surface area contributed by atoms with E-state index in [0.717, 1.165) is 12.6 Å². The third kappa shape index (κ3) is 2.27. The first-order valence-electron chi connectivity index (χ1n) is 4.29. The first-order valence-corrected chi connectivity index (χ1v) is 4.29. The van der Waals surface area contributed by atoms with Crippen LogP contribution in [0.4, 0.5) is 0 Å². The van der Waals surface area contributed by atoms with Crippen molar-refractivity contribution in [2.45, 2.75) is 38.8 Å². The lowest BCUT2D eigenvalue weighted by molar-refractivity contribution is 0.453. The lowest BCUT2D eigenvalue weighted by Gasteiger charge is -2.16. The van der Waals surface area contributed by atoms with Gasteiger partial charge >= 0.3 is 0 Å². The smallest absolute Gasteiger partial charge is 0.0166 e. The minimum atomic E-state index is 0.646. The van der Waals surface area contributed by atoms with Gasteiger partial charge in [0.15, 0.2) is 0 Å². The van der Waals surface area contributed by atoms with Crippen molar-refractivity contribution in [3.05, 3.63) is 0 Å². The highest BCUT2D eigenvalue weighted by Gasteiger charge is 2.12. The van der Waals surface area contributed by atoms with E-state index in [4.69, 9.17) is 0 Å². The van der Waals surface area contributed by atoms with Crippen LogP contribution >= 0.6 is 0 Å². The van der Waals surface area contributed by atoms with Crippen LogP contribution in [-0.2, 0) is 0 Å². The zero-order chi connectivity index (χ0) is 7.40. The van der Waals surface area contributed by atoms with Gasteiger partial charge in [-0.05, 0) is 26.3 Å². The molecule has 10 heavy (non-hydrogen) atoms. The van der Waals surface area contributed by atoms with E-state index in [1.165, 1.54) is 19.4 Å². The van der Waals surface area contributed by atoms with Gasteiger partial charge in [0, 0.05) is 18.6 Å². The van der Waals surface area contributed by atoms with Gasteiger partial charge < -0.3 is 10.6 Å². The number of hydrogen-bond acceptors (Lipinski definition) is 2. The van der Waals surface area contributed by atoms with Crippen molar-refractivity contribution in [3.63, 3.8) is 0 Å². The third-order valence-corrected chi connectivity index (χ3v) is 2.13. The second kappa shape index (κ2) is 3.94. The van der Waals surface area contributed by atoms with Crippen LogP contribution in [0.5, 0.6) is 0 Å². The second-order valence-electron chi connectivity index (χ2n) is 3.17. The molecular weight excluding hydrogens is 124 g/mol. The SMILES string of the molecule is CCC1CCNCC(C)N1. The van der Waals surface area contributed by atoms with Gasteiger partial charge in [-0.3, -0.25) is 0 Å². The van der Waals surface area contributed by atoms with Gasteiger partial charge in [-0.15, -0.1) is 0 Å². The molecule has 0 aromatic rings. The molecule has 0 amide bonds. The maximum atomic E-state index is 3.57. The molecule has 1 rings (SSSR count). The van der Waals surface area contributed by atoms with E-state index in [0.29, 0.717) is 6.04 Å². The quantitative estimate of drug-likeness (QED) is 0.564. The minimum absolute atomic E-state index is 0.646. The molecule has 1 fully saturated rings. The van der Waals surface area contributed by atoms with Crippen molar-refractivity contribution in [3.8, 4) is 0 Å². The van der Waals surface area contributed by atoms with Gasteiger partial charge in [0.1, 0.15) is 0 Å². The Hall–Kier alpha value is -0.0800. The average molecular weight is 142 g/mol. The molecule has 2 nitrogen and oxygen atoms in total. The molecule has 2 atom stereocenters. The van der Waals surface area contributed by atoms with Crippen LogP contribution in [0.15, 0.2) is 0 Å². The molecular formula is C8H18N2. The van der Waals surface area contributed by atoms with Crippen molar-refractivity contribution in [2.75, 3.05) is 13.1 Å². The van der Waals surface area contributed by atoms with Crippen molar-refractivity contribution in [1.82, 2.24) is 10.6 Å². The van der Waals surface area contributed by atoms with Crippen LogP contribution < -0.4 is 10.6 Å². The third-order valence-electron chi connectivity index (χ3n) is 2.13. The Bertz CT molecular complexity index is 93.3. The summed E-state index contributed by atoms with van der Waals surface area (Å²) in [5, 5.41) is 6.96. The largest absolute Gasteiger partial charge is 0.315 e. The fraction of sp³-hybridized carbons (Fsp3) is 1.00. The molecule has 1 heterocycles. The summed E-state index contributed by atoms with van der Waals surface area (Å²) >= 11 is 0. The molecule has 0 saturated carbocycles. The van der Waals surface area contributed by atoms with E-state index in [-0.39, 0.29) is 0 Å². The summed E-state index contributed by atoms with van der Waals surface area (Å²) < 4.78 is 0. The monoisotopic (exact) mass is 142 g/mol. The molecule has 0 bridgehead atoms. The number of hydrogen-bond donors (Lipinski definition) is 2. The molecule has 1 aliphatic heterocycles. The van der Waals surface area contributed by atoms with Crippen molar-refractivity contribution >= 4 is 0 Å². The summed E-state index contributed by atoms with van der Waals surface area (Å²) in [7, 11) is 0. The van der Waals surface area contributed by atoms with E-state index in [9.17, 15) is 0 Å².